The van der Waals surface area contributed by atoms with Gasteiger partial charge in [0.05, 0.1) is 0 Å². The summed E-state index contributed by atoms with van der Waals surface area (Å²) in [6, 6.07) is 0. The second kappa shape index (κ2) is 14.2. The topological polar surface area (TPSA) is 36.9 Å². The van der Waals surface area contributed by atoms with Crippen LogP contribution in [0.2, 0.25) is 0 Å². The summed E-state index contributed by atoms with van der Waals surface area (Å²) in [5.74, 6) is 0. The van der Waals surface area contributed by atoms with Crippen molar-refractivity contribution in [1.29, 1.82) is 0 Å². The maximum atomic E-state index is 5.42. The minimum absolute atomic E-state index is 0.548. The van der Waals surface area contributed by atoms with E-state index in [0.717, 1.165) is 0 Å². The molecule has 0 atom stereocenters. The molecule has 0 fully saturated rings. The van der Waals surface area contributed by atoms with Crippen molar-refractivity contribution in [2.45, 2.75) is 27.7 Å². The Balaban J connectivity index is 0. The summed E-state index contributed by atoms with van der Waals surface area (Å²) in [6.07, 6.45) is 0. The van der Waals surface area contributed by atoms with E-state index < -0.39 is 25.8 Å². The monoisotopic (exact) mass is 434 g/mol. The maximum absolute atomic E-state index is 5.42. The zero-order chi connectivity index (χ0) is 13.7. The predicted molar refractivity (Wildman–Crippen MR) is 75.6 cm³/mol. The van der Waals surface area contributed by atoms with Crippen molar-refractivity contribution < 1.29 is 17.7 Å². The van der Waals surface area contributed by atoms with E-state index >= 15 is 0 Å². The van der Waals surface area contributed by atoms with Gasteiger partial charge in [0.1, 0.15) is 0 Å². The Bertz CT molecular complexity index is 135. The van der Waals surface area contributed by atoms with Gasteiger partial charge in [-0.3, -0.25) is 0 Å². The van der Waals surface area contributed by atoms with Gasteiger partial charge in [0.25, 0.3) is 0 Å². The van der Waals surface area contributed by atoms with Gasteiger partial charge >= 0.3 is 52.3 Å². The molecule has 4 nitrogen and oxygen atoms in total. The second-order valence-electron chi connectivity index (χ2n) is 2.42. The average Bonchev–Trinajstić information content (AvgIpc) is 2.18. The fraction of sp³-hybridized carbons (Fsp3) is 1.00. The third-order valence-corrected chi connectivity index (χ3v) is 3.85. The van der Waals surface area contributed by atoms with Gasteiger partial charge in [0, 0.05) is 26.4 Å². The Morgan fingerprint density at radius 3 is 1.00 bits per heavy atom. The number of hydrogen-bond acceptors (Lipinski definition) is 4. The Morgan fingerprint density at radius 1 is 0.706 bits per heavy atom. The van der Waals surface area contributed by atoms with E-state index in [-0.39, 0.29) is 0 Å². The van der Waals surface area contributed by atoms with E-state index in [1.165, 1.54) is 0 Å². The molecule has 0 aromatic heterocycles. The van der Waals surface area contributed by atoms with Gasteiger partial charge in [-0.15, -0.1) is 0 Å². The summed E-state index contributed by atoms with van der Waals surface area (Å²) in [5.41, 5.74) is 0. The van der Waals surface area contributed by atoms with Gasteiger partial charge in [0.15, 0.2) is 0 Å². The number of rotatable bonds is 8. The number of halogens is 3. The van der Waals surface area contributed by atoms with Gasteiger partial charge < -0.3 is 17.7 Å². The molecule has 0 heterocycles. The molecule has 0 bridgehead atoms. The molecule has 0 unspecified atom stereocenters. The van der Waals surface area contributed by atoms with E-state index in [0.29, 0.717) is 26.4 Å². The molecule has 0 aromatic carbocycles. The molecule has 0 aliphatic rings. The molecule has 0 aliphatic carbocycles. The van der Waals surface area contributed by atoms with Crippen LogP contribution in [-0.4, -0.2) is 52.3 Å². The standard InChI is InChI=1S/C8H20O4Si.3ClH.Sb/c1-5-9-13(10-6-2,11-7-3)12-8-4;;;;/h5-8H2,1-4H3;3*1H;/q;;;;+3/p-3. The molecule has 0 aliphatic heterocycles. The quantitative estimate of drug-likeness (QED) is 0.548. The van der Waals surface area contributed by atoms with E-state index in [1.807, 2.05) is 27.7 Å². The van der Waals surface area contributed by atoms with Gasteiger partial charge in [-0.25, -0.2) is 0 Å². The number of hydrogen-bond donors (Lipinski definition) is 0. The van der Waals surface area contributed by atoms with Crippen LogP contribution in [0.3, 0.4) is 0 Å². The summed E-state index contributed by atoms with van der Waals surface area (Å²) in [6.45, 7) is 9.80. The van der Waals surface area contributed by atoms with E-state index in [1.54, 1.807) is 0 Å². The molecule has 0 N–H and O–H groups in total. The van der Waals surface area contributed by atoms with Crippen molar-refractivity contribution in [3.05, 3.63) is 0 Å². The molecule has 0 aromatic rings. The minimum atomic E-state index is -2.80. The molecule has 0 rings (SSSR count). The van der Waals surface area contributed by atoms with Crippen LogP contribution in [0, 0.1) is 0 Å². The van der Waals surface area contributed by atoms with Crippen molar-refractivity contribution in [2.24, 2.45) is 0 Å². The van der Waals surface area contributed by atoms with Crippen molar-refractivity contribution in [2.75, 3.05) is 26.4 Å². The first-order valence-electron chi connectivity index (χ1n) is 5.31. The zero-order valence-corrected chi connectivity index (χ0v) is 16.4. The predicted octanol–water partition coefficient (Wildman–Crippen LogP) is 3.26. The molecule has 0 amide bonds. The van der Waals surface area contributed by atoms with Crippen LogP contribution in [0.1, 0.15) is 27.7 Å². The first-order chi connectivity index (χ1) is 7.97. The van der Waals surface area contributed by atoms with Crippen molar-refractivity contribution >= 4 is 52.3 Å². The summed E-state index contributed by atoms with van der Waals surface area (Å²) < 4.78 is 21.7. The zero-order valence-electron chi connectivity index (χ0n) is 10.5. The molecule has 0 saturated carbocycles. The molecule has 17 heavy (non-hydrogen) atoms. The molecular formula is C8H20Cl3O4SbSi. The van der Waals surface area contributed by atoms with Gasteiger partial charge in [-0.2, -0.15) is 0 Å². The summed E-state index contributed by atoms with van der Waals surface area (Å²) in [4.78, 5) is 0. The Labute approximate surface area is 123 Å². The van der Waals surface area contributed by atoms with Crippen LogP contribution >= 0.6 is 26.5 Å². The van der Waals surface area contributed by atoms with Crippen LogP contribution in [0.4, 0.5) is 0 Å². The van der Waals surface area contributed by atoms with Crippen LogP contribution in [0.15, 0.2) is 0 Å². The van der Waals surface area contributed by atoms with Crippen molar-refractivity contribution in [3.8, 4) is 0 Å². The Morgan fingerprint density at radius 2 is 0.882 bits per heavy atom. The van der Waals surface area contributed by atoms with Crippen molar-refractivity contribution in [3.63, 3.8) is 0 Å². The van der Waals surface area contributed by atoms with Gasteiger partial charge in [-0.05, 0) is 27.7 Å². The van der Waals surface area contributed by atoms with E-state index in [4.69, 9.17) is 44.2 Å². The molecule has 0 spiro atoms. The first-order valence-corrected chi connectivity index (χ1v) is 16.6. The normalized spacial score (nSPS) is 11.3. The van der Waals surface area contributed by atoms with Gasteiger partial charge in [0.2, 0.25) is 0 Å². The Hall–Kier alpha value is 1.75. The molecule has 0 saturated heterocycles. The molecule has 9 heteroatoms. The Kier molecular flexibility index (Phi) is 17.5. The molecule has 106 valence electrons. The van der Waals surface area contributed by atoms with Crippen LogP contribution in [0.5, 0.6) is 0 Å². The first kappa shape index (κ1) is 21.1. The second-order valence-corrected chi connectivity index (χ2v) is 16.0. The fourth-order valence-corrected chi connectivity index (χ4v) is 2.87. The summed E-state index contributed by atoms with van der Waals surface area (Å²) in [7, 11) is 12.2. The van der Waals surface area contributed by atoms with Crippen LogP contribution < -0.4 is 0 Å². The molecule has 0 radical (unpaired) electrons. The third-order valence-electron chi connectivity index (χ3n) is 1.28. The van der Waals surface area contributed by atoms with E-state index in [2.05, 4.69) is 0 Å². The SMILES string of the molecule is CCO[Si](OCC)(OCC)OCC.[Cl][Sb]([Cl])[Cl]. The van der Waals surface area contributed by atoms with Crippen LogP contribution in [-0.2, 0) is 17.7 Å². The average molecular weight is 436 g/mol. The van der Waals surface area contributed by atoms with Crippen molar-refractivity contribution in [1.82, 2.24) is 0 Å². The van der Waals surface area contributed by atoms with E-state index in [9.17, 15) is 0 Å². The van der Waals surface area contributed by atoms with Gasteiger partial charge in [-0.1, -0.05) is 0 Å². The summed E-state index contributed by atoms with van der Waals surface area (Å²) >= 11 is -2.03. The van der Waals surface area contributed by atoms with Crippen LogP contribution in [0.25, 0.3) is 0 Å². The molecular weight excluding hydrogens is 416 g/mol. The summed E-state index contributed by atoms with van der Waals surface area (Å²) in [5, 5.41) is 0. The fourth-order valence-electron chi connectivity index (χ4n) is 0.957. The third kappa shape index (κ3) is 14.0.